The maximum atomic E-state index is 12.2. The van der Waals surface area contributed by atoms with Crippen molar-refractivity contribution in [2.45, 2.75) is 6.42 Å². The normalized spacial score (nSPS) is 17.0. The van der Waals surface area contributed by atoms with Crippen molar-refractivity contribution in [2.24, 2.45) is 5.92 Å². The lowest BCUT2D eigenvalue weighted by atomic mass is 10.1. The third-order valence-corrected chi connectivity index (χ3v) is 4.17. The number of urea groups is 1. The molecule has 1 fully saturated rings. The first kappa shape index (κ1) is 18.6. The molecule has 0 aliphatic carbocycles. The Bertz CT molecular complexity index is 603. The first-order valence-corrected chi connectivity index (χ1v) is 8.07. The smallest absolute Gasteiger partial charge is 0.321 e. The molecule has 132 valence electrons. The van der Waals surface area contributed by atoms with Crippen LogP contribution >= 0.6 is 23.2 Å². The third-order valence-electron chi connectivity index (χ3n) is 3.61. The van der Waals surface area contributed by atoms with Crippen LogP contribution < -0.4 is 10.1 Å². The molecule has 0 aromatic heterocycles. The Morgan fingerprint density at radius 3 is 2.54 bits per heavy atom. The average molecular weight is 377 g/mol. The van der Waals surface area contributed by atoms with Crippen molar-refractivity contribution >= 4 is 40.9 Å². The molecule has 1 aliphatic heterocycles. The number of carbonyl (C=O) groups is 2. The first-order chi connectivity index (χ1) is 11.4. The number of amides is 2. The molecule has 1 aliphatic rings. The molecule has 0 radical (unpaired) electrons. The largest absolute Gasteiger partial charge is 0.488 e. The van der Waals surface area contributed by atoms with Crippen LogP contribution in [0.1, 0.15) is 6.42 Å². The number of nitrogens with zero attached hydrogens (tertiary/aromatic N) is 1. The number of hydrogen-bond acceptors (Lipinski definition) is 4. The second-order valence-electron chi connectivity index (χ2n) is 5.31. The molecular formula is C15H18Cl2N2O5. The fourth-order valence-corrected chi connectivity index (χ4v) is 2.94. The predicted octanol–water partition coefficient (Wildman–Crippen LogP) is 2.96. The Labute approximate surface area is 149 Å². The summed E-state index contributed by atoms with van der Waals surface area (Å²) in [6.07, 6.45) is 0.441. The molecular weight excluding hydrogens is 359 g/mol. The van der Waals surface area contributed by atoms with Crippen LogP contribution in [0, 0.1) is 5.92 Å². The van der Waals surface area contributed by atoms with Crippen LogP contribution in [-0.4, -0.2) is 55.4 Å². The molecule has 0 saturated carbocycles. The minimum Gasteiger partial charge on any atom is -0.488 e. The summed E-state index contributed by atoms with van der Waals surface area (Å²) >= 11 is 12.3. The van der Waals surface area contributed by atoms with Crippen molar-refractivity contribution in [1.82, 2.24) is 4.90 Å². The van der Waals surface area contributed by atoms with E-state index in [-0.39, 0.29) is 22.6 Å². The highest BCUT2D eigenvalue weighted by molar-refractivity contribution is 6.37. The van der Waals surface area contributed by atoms with Gasteiger partial charge in [0, 0.05) is 25.9 Å². The fourth-order valence-electron chi connectivity index (χ4n) is 2.35. The van der Waals surface area contributed by atoms with Gasteiger partial charge in [0.05, 0.1) is 22.6 Å². The number of carbonyl (C=O) groups excluding carboxylic acids is 1. The van der Waals surface area contributed by atoms with Crippen LogP contribution in [0.25, 0.3) is 0 Å². The molecule has 7 nitrogen and oxygen atoms in total. The molecule has 9 heteroatoms. The van der Waals surface area contributed by atoms with Crippen molar-refractivity contribution < 1.29 is 24.2 Å². The van der Waals surface area contributed by atoms with E-state index in [0.717, 1.165) is 0 Å². The van der Waals surface area contributed by atoms with Crippen molar-refractivity contribution in [1.29, 1.82) is 0 Å². The number of ether oxygens (including phenoxy) is 2. The molecule has 0 bridgehead atoms. The molecule has 2 rings (SSSR count). The first-order valence-electron chi connectivity index (χ1n) is 7.32. The molecule has 1 unspecified atom stereocenters. The molecule has 1 atom stereocenters. The molecule has 2 amide bonds. The van der Waals surface area contributed by atoms with Gasteiger partial charge in [-0.3, -0.25) is 4.79 Å². The summed E-state index contributed by atoms with van der Waals surface area (Å²) in [5.74, 6) is -1.10. The van der Waals surface area contributed by atoms with E-state index in [1.165, 1.54) is 17.0 Å². The summed E-state index contributed by atoms with van der Waals surface area (Å²) in [4.78, 5) is 24.6. The molecule has 1 saturated heterocycles. The molecule has 1 aromatic rings. The van der Waals surface area contributed by atoms with Crippen molar-refractivity contribution in [2.75, 3.05) is 38.7 Å². The summed E-state index contributed by atoms with van der Waals surface area (Å²) in [5, 5.41) is 12.2. The molecule has 24 heavy (non-hydrogen) atoms. The average Bonchev–Trinajstić information content (AvgIpc) is 3.00. The number of halogens is 2. The van der Waals surface area contributed by atoms with E-state index in [1.54, 1.807) is 7.11 Å². The summed E-state index contributed by atoms with van der Waals surface area (Å²) in [5.41, 5.74) is 0.410. The van der Waals surface area contributed by atoms with Gasteiger partial charge in [-0.2, -0.15) is 0 Å². The summed E-state index contributed by atoms with van der Waals surface area (Å²) < 4.78 is 10.3. The summed E-state index contributed by atoms with van der Waals surface area (Å²) in [6, 6.07) is 2.66. The Balaban J connectivity index is 2.00. The van der Waals surface area contributed by atoms with E-state index in [1.807, 2.05) is 0 Å². The topological polar surface area (TPSA) is 88.1 Å². The van der Waals surface area contributed by atoms with Crippen LogP contribution in [0.2, 0.25) is 10.0 Å². The monoisotopic (exact) mass is 376 g/mol. The standard InChI is InChI=1S/C15H18Cl2N2O5/c1-23-4-5-24-13-11(16)6-10(7-12(13)17)18-15(22)19-3-2-9(8-19)14(20)21/h6-7,9H,2-5,8H2,1H3,(H,18,22)(H,20,21). The lowest BCUT2D eigenvalue weighted by Gasteiger charge is -2.18. The Hall–Kier alpha value is -1.70. The highest BCUT2D eigenvalue weighted by atomic mass is 35.5. The van der Waals surface area contributed by atoms with Crippen LogP contribution in [-0.2, 0) is 9.53 Å². The van der Waals surface area contributed by atoms with Crippen molar-refractivity contribution in [3.63, 3.8) is 0 Å². The predicted molar refractivity (Wildman–Crippen MR) is 90.2 cm³/mol. The fraction of sp³-hybridized carbons (Fsp3) is 0.467. The van der Waals surface area contributed by atoms with Crippen LogP contribution in [0.4, 0.5) is 10.5 Å². The second-order valence-corrected chi connectivity index (χ2v) is 6.12. The lowest BCUT2D eigenvalue weighted by Crippen LogP contribution is -2.33. The summed E-state index contributed by atoms with van der Waals surface area (Å²) in [7, 11) is 1.55. The van der Waals surface area contributed by atoms with Gasteiger partial charge >= 0.3 is 12.0 Å². The Morgan fingerprint density at radius 1 is 1.33 bits per heavy atom. The third kappa shape index (κ3) is 4.66. The number of methoxy groups -OCH3 is 1. The van der Waals surface area contributed by atoms with Crippen LogP contribution in [0.15, 0.2) is 12.1 Å². The summed E-state index contributed by atoms with van der Waals surface area (Å²) in [6.45, 7) is 1.26. The number of carboxylic acid groups (broad SMARTS) is 1. The zero-order valence-corrected chi connectivity index (χ0v) is 14.6. The van der Waals surface area contributed by atoms with Crippen LogP contribution in [0.3, 0.4) is 0 Å². The Kier molecular flexibility index (Phi) is 6.53. The SMILES string of the molecule is COCCOc1c(Cl)cc(NC(=O)N2CCC(C(=O)O)C2)cc1Cl. The van der Waals surface area contributed by atoms with Gasteiger partial charge in [0.15, 0.2) is 5.75 Å². The van der Waals surface area contributed by atoms with Gasteiger partial charge in [-0.05, 0) is 18.6 Å². The number of carboxylic acids is 1. The minimum atomic E-state index is -0.894. The minimum absolute atomic E-state index is 0.181. The van der Waals surface area contributed by atoms with Gasteiger partial charge in [-0.25, -0.2) is 4.79 Å². The molecule has 1 aromatic carbocycles. The maximum Gasteiger partial charge on any atom is 0.321 e. The van der Waals surface area contributed by atoms with Gasteiger partial charge in [0.1, 0.15) is 6.61 Å². The highest BCUT2D eigenvalue weighted by Gasteiger charge is 2.31. The van der Waals surface area contributed by atoms with E-state index in [9.17, 15) is 9.59 Å². The molecule has 0 spiro atoms. The number of anilines is 1. The number of rotatable bonds is 6. The number of aliphatic carboxylic acids is 1. The van der Waals surface area contributed by atoms with Crippen LogP contribution in [0.5, 0.6) is 5.75 Å². The number of benzene rings is 1. The zero-order chi connectivity index (χ0) is 17.7. The Morgan fingerprint density at radius 2 is 2.00 bits per heavy atom. The van der Waals surface area contributed by atoms with E-state index < -0.39 is 11.9 Å². The number of hydrogen-bond donors (Lipinski definition) is 2. The van der Waals surface area contributed by atoms with Gasteiger partial charge in [0.25, 0.3) is 0 Å². The lowest BCUT2D eigenvalue weighted by molar-refractivity contribution is -0.141. The highest BCUT2D eigenvalue weighted by Crippen LogP contribution is 2.36. The van der Waals surface area contributed by atoms with E-state index in [2.05, 4.69) is 5.32 Å². The van der Waals surface area contributed by atoms with Crippen molar-refractivity contribution in [3.8, 4) is 5.75 Å². The number of likely N-dealkylation sites (tertiary alicyclic amines) is 1. The van der Waals surface area contributed by atoms with E-state index in [0.29, 0.717) is 37.6 Å². The second kappa shape index (κ2) is 8.41. The van der Waals surface area contributed by atoms with Gasteiger partial charge in [0.2, 0.25) is 0 Å². The molecule has 2 N–H and O–H groups in total. The number of nitrogens with one attached hydrogen (secondary N) is 1. The zero-order valence-electron chi connectivity index (χ0n) is 13.1. The molecule has 1 heterocycles. The maximum absolute atomic E-state index is 12.2. The van der Waals surface area contributed by atoms with E-state index in [4.69, 9.17) is 37.8 Å². The quantitative estimate of drug-likeness (QED) is 0.745. The van der Waals surface area contributed by atoms with Gasteiger partial charge in [-0.1, -0.05) is 23.2 Å². The van der Waals surface area contributed by atoms with Gasteiger partial charge < -0.3 is 24.8 Å². The van der Waals surface area contributed by atoms with Crippen molar-refractivity contribution in [3.05, 3.63) is 22.2 Å². The van der Waals surface area contributed by atoms with Gasteiger partial charge in [-0.15, -0.1) is 0 Å². The van der Waals surface area contributed by atoms with E-state index >= 15 is 0 Å².